The van der Waals surface area contributed by atoms with E-state index in [2.05, 4.69) is 138 Å². The molecule has 7 heteroatoms. The Hall–Kier alpha value is -5.01. The largest absolute Gasteiger partial charge is 0.492 e. The van der Waals surface area contributed by atoms with Crippen LogP contribution in [0.3, 0.4) is 0 Å². The Balaban J connectivity index is 1.10. The average Bonchev–Trinajstić information content (AvgIpc) is 3.61. The van der Waals surface area contributed by atoms with E-state index in [-0.39, 0.29) is 5.97 Å². The van der Waals surface area contributed by atoms with E-state index in [1.54, 1.807) is 0 Å². The van der Waals surface area contributed by atoms with Gasteiger partial charge in [0.25, 0.3) is 0 Å². The van der Waals surface area contributed by atoms with Gasteiger partial charge in [-0.1, -0.05) is 116 Å². The van der Waals surface area contributed by atoms with Crippen molar-refractivity contribution in [3.63, 3.8) is 0 Å². The number of aryl methyl sites for hydroxylation is 1. The summed E-state index contributed by atoms with van der Waals surface area (Å²) >= 11 is 0. The number of ether oxygens (including phenoxy) is 2. The van der Waals surface area contributed by atoms with Crippen molar-refractivity contribution in [1.29, 1.82) is 0 Å². The quantitative estimate of drug-likeness (QED) is 0.0533. The summed E-state index contributed by atoms with van der Waals surface area (Å²) in [5, 5.41) is 8.65. The summed E-state index contributed by atoms with van der Waals surface area (Å²) in [6, 6.07) is 38.3. The summed E-state index contributed by atoms with van der Waals surface area (Å²) in [4.78, 5) is 13.7. The Morgan fingerprint density at radius 2 is 1.45 bits per heavy atom. The molecule has 5 aromatic rings. The lowest BCUT2D eigenvalue weighted by molar-refractivity contribution is -0.143. The van der Waals surface area contributed by atoms with E-state index >= 15 is 0 Å². The van der Waals surface area contributed by atoms with Gasteiger partial charge in [-0.3, -0.25) is 14.4 Å². The zero-order valence-electron chi connectivity index (χ0n) is 29.1. The van der Waals surface area contributed by atoms with Gasteiger partial charge >= 0.3 is 5.97 Å². The van der Waals surface area contributed by atoms with Crippen LogP contribution >= 0.6 is 0 Å². The summed E-state index contributed by atoms with van der Waals surface area (Å²) in [7, 11) is 2.12. The highest BCUT2D eigenvalue weighted by molar-refractivity contribution is 5.98. The number of hydrogen-bond donors (Lipinski definition) is 0. The standard InChI is InChI=1S/C42H48N4O3/c1-4-39(34-15-9-6-10-16-34)42(36-17-11-7-12-18-36)37-24-26-38(27-25-37)49-30-29-45(3)31-33-20-22-35(23-21-33)40-32-46(44-43-40)28-14-8-13-19-41(47)48-5-2/h6-7,9-12,15-18,20-27,32H,4-5,8,13-14,19,28-31H2,1-3H3/b42-39+. The second-order valence-electron chi connectivity index (χ2n) is 12.2. The maximum Gasteiger partial charge on any atom is 0.305 e. The van der Waals surface area contributed by atoms with Gasteiger partial charge in [-0.2, -0.15) is 0 Å². The van der Waals surface area contributed by atoms with Gasteiger partial charge in [0.15, 0.2) is 0 Å². The molecule has 7 nitrogen and oxygen atoms in total. The molecule has 1 heterocycles. The lowest BCUT2D eigenvalue weighted by Gasteiger charge is -2.18. The molecule has 0 saturated heterocycles. The Morgan fingerprint density at radius 1 is 0.776 bits per heavy atom. The minimum absolute atomic E-state index is 0.119. The molecular weight excluding hydrogens is 608 g/mol. The molecule has 0 radical (unpaired) electrons. The number of carbonyl (C=O) groups is 1. The third-order valence-corrected chi connectivity index (χ3v) is 8.54. The fourth-order valence-electron chi connectivity index (χ4n) is 5.99. The summed E-state index contributed by atoms with van der Waals surface area (Å²) < 4.78 is 13.0. The van der Waals surface area contributed by atoms with Crippen molar-refractivity contribution < 1.29 is 14.3 Å². The molecule has 1 aromatic heterocycles. The number of aromatic nitrogens is 3. The number of likely N-dealkylation sites (N-methyl/N-ethyl adjacent to an activating group) is 1. The van der Waals surface area contributed by atoms with E-state index in [1.807, 2.05) is 17.8 Å². The van der Waals surface area contributed by atoms with Gasteiger partial charge < -0.3 is 9.47 Å². The van der Waals surface area contributed by atoms with Crippen molar-refractivity contribution in [1.82, 2.24) is 19.9 Å². The van der Waals surface area contributed by atoms with Crippen molar-refractivity contribution in [3.8, 4) is 17.0 Å². The van der Waals surface area contributed by atoms with E-state index < -0.39 is 0 Å². The van der Waals surface area contributed by atoms with Gasteiger partial charge in [-0.05, 0) is 78.8 Å². The fraction of sp³-hybridized carbons (Fsp3) is 0.310. The number of carbonyl (C=O) groups excluding carboxylic acids is 1. The predicted octanol–water partition coefficient (Wildman–Crippen LogP) is 8.95. The normalized spacial score (nSPS) is 11.8. The van der Waals surface area contributed by atoms with E-state index in [0.717, 1.165) is 62.3 Å². The summed E-state index contributed by atoms with van der Waals surface area (Å²) in [6.07, 6.45) is 6.13. The first-order valence-corrected chi connectivity index (χ1v) is 17.4. The van der Waals surface area contributed by atoms with Crippen LogP contribution in [0.4, 0.5) is 0 Å². The minimum atomic E-state index is -0.119. The predicted molar refractivity (Wildman–Crippen MR) is 198 cm³/mol. The average molecular weight is 657 g/mol. The Morgan fingerprint density at radius 3 is 2.12 bits per heavy atom. The first-order valence-electron chi connectivity index (χ1n) is 17.4. The smallest absolute Gasteiger partial charge is 0.305 e. The number of allylic oxidation sites excluding steroid dienone is 1. The molecule has 0 aliphatic carbocycles. The van der Waals surface area contributed by atoms with Crippen molar-refractivity contribution in [3.05, 3.63) is 138 Å². The zero-order chi connectivity index (χ0) is 34.3. The van der Waals surface area contributed by atoms with Gasteiger partial charge in [0, 0.05) is 31.6 Å². The van der Waals surface area contributed by atoms with Gasteiger partial charge in [0.1, 0.15) is 18.1 Å². The number of esters is 1. The van der Waals surface area contributed by atoms with Gasteiger partial charge in [-0.15, -0.1) is 5.10 Å². The van der Waals surface area contributed by atoms with Crippen LogP contribution < -0.4 is 4.74 Å². The monoisotopic (exact) mass is 656 g/mol. The second kappa shape index (κ2) is 18.5. The zero-order valence-corrected chi connectivity index (χ0v) is 29.1. The van der Waals surface area contributed by atoms with Crippen LogP contribution in [0.15, 0.2) is 115 Å². The third kappa shape index (κ3) is 10.5. The van der Waals surface area contributed by atoms with Crippen molar-refractivity contribution in [2.45, 2.75) is 59.0 Å². The Bertz CT molecular complexity index is 1750. The maximum absolute atomic E-state index is 11.5. The lowest BCUT2D eigenvalue weighted by Crippen LogP contribution is -2.23. The first-order chi connectivity index (χ1) is 24.0. The minimum Gasteiger partial charge on any atom is -0.492 e. The van der Waals surface area contributed by atoms with Crippen molar-refractivity contribution >= 4 is 17.1 Å². The molecular formula is C42H48N4O3. The molecule has 0 aliphatic rings. The highest BCUT2D eigenvalue weighted by Crippen LogP contribution is 2.35. The highest BCUT2D eigenvalue weighted by atomic mass is 16.5. The number of nitrogens with zero attached hydrogens (tertiary/aromatic N) is 4. The maximum atomic E-state index is 11.5. The molecule has 4 aromatic carbocycles. The molecule has 0 fully saturated rings. The van der Waals surface area contributed by atoms with Crippen LogP contribution in [0.1, 0.15) is 68.2 Å². The van der Waals surface area contributed by atoms with Gasteiger partial charge in [-0.25, -0.2) is 0 Å². The molecule has 0 spiro atoms. The molecule has 0 amide bonds. The topological polar surface area (TPSA) is 69.5 Å². The fourth-order valence-corrected chi connectivity index (χ4v) is 5.99. The van der Waals surface area contributed by atoms with Crippen molar-refractivity contribution in [2.75, 3.05) is 26.8 Å². The summed E-state index contributed by atoms with van der Waals surface area (Å²) in [5.74, 6) is 0.752. The van der Waals surface area contributed by atoms with E-state index in [9.17, 15) is 4.79 Å². The van der Waals surface area contributed by atoms with Crippen molar-refractivity contribution in [2.24, 2.45) is 0 Å². The van der Waals surface area contributed by atoms with Crippen LogP contribution in [0.2, 0.25) is 0 Å². The molecule has 0 aliphatic heterocycles. The van der Waals surface area contributed by atoms with Crippen LogP contribution in [0.25, 0.3) is 22.4 Å². The molecule has 0 N–H and O–H groups in total. The van der Waals surface area contributed by atoms with Crippen LogP contribution in [0, 0.1) is 0 Å². The first kappa shape index (κ1) is 35.3. The second-order valence-corrected chi connectivity index (χ2v) is 12.2. The van der Waals surface area contributed by atoms with Gasteiger partial charge in [0.05, 0.1) is 12.8 Å². The number of hydrogen-bond acceptors (Lipinski definition) is 6. The molecule has 5 rings (SSSR count). The van der Waals surface area contributed by atoms with Crippen LogP contribution in [-0.2, 0) is 22.6 Å². The molecule has 0 bridgehead atoms. The molecule has 0 unspecified atom stereocenters. The summed E-state index contributed by atoms with van der Waals surface area (Å²) in [6.45, 7) is 7.51. The van der Waals surface area contributed by atoms with Gasteiger partial charge in [0.2, 0.25) is 0 Å². The number of benzene rings is 4. The molecule has 254 valence electrons. The van der Waals surface area contributed by atoms with Crippen LogP contribution in [-0.4, -0.2) is 52.7 Å². The van der Waals surface area contributed by atoms with E-state index in [4.69, 9.17) is 9.47 Å². The Labute approximate surface area is 291 Å². The third-order valence-electron chi connectivity index (χ3n) is 8.54. The lowest BCUT2D eigenvalue weighted by atomic mass is 9.88. The molecule has 0 atom stereocenters. The van der Waals surface area contributed by atoms with E-state index in [0.29, 0.717) is 19.6 Å². The summed E-state index contributed by atoms with van der Waals surface area (Å²) in [5.41, 5.74) is 9.39. The Kier molecular flexibility index (Phi) is 13.3. The number of rotatable bonds is 18. The van der Waals surface area contributed by atoms with E-state index in [1.165, 1.54) is 33.4 Å². The molecule has 0 saturated carbocycles. The van der Waals surface area contributed by atoms with Crippen LogP contribution in [0.5, 0.6) is 5.75 Å². The number of unbranched alkanes of at least 4 members (excludes halogenated alkanes) is 2. The molecule has 49 heavy (non-hydrogen) atoms. The highest BCUT2D eigenvalue weighted by Gasteiger charge is 2.13. The SMILES string of the molecule is CCOC(=O)CCCCCn1cc(-c2ccc(CN(C)CCOc3ccc(/C(=C(\CC)c4ccccc4)c4ccccc4)cc3)cc2)nn1.